The van der Waals surface area contributed by atoms with Gasteiger partial charge in [-0.05, 0) is 13.8 Å². The van der Waals surface area contributed by atoms with Crippen LogP contribution in [0.15, 0.2) is 0 Å². The zero-order valence-corrected chi connectivity index (χ0v) is 10.3. The lowest BCUT2D eigenvalue weighted by Gasteiger charge is -2.14. The molecule has 0 saturated heterocycles. The smallest absolute Gasteiger partial charge is 0.306 e. The second kappa shape index (κ2) is 6.07. The predicted molar refractivity (Wildman–Crippen MR) is 56.4 cm³/mol. The van der Waals surface area contributed by atoms with E-state index < -0.39 is 21.1 Å². The Balaban J connectivity index is 4.39. The number of carbonyl (C=O) groups is 1. The van der Waals surface area contributed by atoms with Crippen molar-refractivity contribution in [3.05, 3.63) is 0 Å². The highest BCUT2D eigenvalue weighted by atomic mass is 32.2. The van der Waals surface area contributed by atoms with Gasteiger partial charge >= 0.3 is 5.97 Å². The summed E-state index contributed by atoms with van der Waals surface area (Å²) in [6.45, 7) is 3.16. The van der Waals surface area contributed by atoms with Crippen molar-refractivity contribution >= 4 is 15.8 Å². The second-order valence-corrected chi connectivity index (χ2v) is 5.93. The third-order valence-electron chi connectivity index (χ3n) is 2.16. The molecule has 0 bridgehead atoms. The Morgan fingerprint density at radius 1 is 1.27 bits per heavy atom. The normalized spacial score (nSPS) is 15.7. The van der Waals surface area contributed by atoms with Gasteiger partial charge in [-0.15, -0.1) is 0 Å². The average Bonchev–Trinajstić information content (AvgIpc) is 2.16. The predicted octanol–water partition coefficient (Wildman–Crippen LogP) is 0.388. The van der Waals surface area contributed by atoms with E-state index in [0.29, 0.717) is 0 Å². The van der Waals surface area contributed by atoms with Gasteiger partial charge in [0.15, 0.2) is 9.84 Å². The van der Waals surface area contributed by atoms with E-state index in [9.17, 15) is 13.2 Å². The maximum absolute atomic E-state index is 11.7. The molecular formula is C9H18O5S. The van der Waals surface area contributed by atoms with Crippen molar-refractivity contribution < 1.29 is 22.7 Å². The molecule has 15 heavy (non-hydrogen) atoms. The highest BCUT2D eigenvalue weighted by molar-refractivity contribution is 7.92. The van der Waals surface area contributed by atoms with Gasteiger partial charge in [-0.1, -0.05) is 0 Å². The molecule has 0 radical (unpaired) electrons. The first-order valence-corrected chi connectivity index (χ1v) is 6.36. The highest BCUT2D eigenvalue weighted by Gasteiger charge is 2.25. The third-order valence-corrected chi connectivity index (χ3v) is 4.49. The Morgan fingerprint density at radius 2 is 1.80 bits per heavy atom. The monoisotopic (exact) mass is 238 g/mol. The zero-order valence-electron chi connectivity index (χ0n) is 9.52. The number of methoxy groups -OCH3 is 2. The number of carbonyl (C=O) groups excluding carboxylic acids is 1. The van der Waals surface area contributed by atoms with Crippen molar-refractivity contribution in [3.63, 3.8) is 0 Å². The van der Waals surface area contributed by atoms with E-state index in [-0.39, 0.29) is 18.3 Å². The molecule has 2 unspecified atom stereocenters. The summed E-state index contributed by atoms with van der Waals surface area (Å²) in [5, 5.41) is -0.734. The molecule has 0 N–H and O–H groups in total. The van der Waals surface area contributed by atoms with Gasteiger partial charge in [0.25, 0.3) is 0 Å². The number of sulfone groups is 1. The molecular weight excluding hydrogens is 220 g/mol. The topological polar surface area (TPSA) is 69.7 Å². The molecule has 0 aliphatic carbocycles. The molecule has 0 saturated carbocycles. The molecule has 0 aromatic heterocycles. The van der Waals surface area contributed by atoms with Crippen LogP contribution in [0.3, 0.4) is 0 Å². The fourth-order valence-corrected chi connectivity index (χ4v) is 2.51. The van der Waals surface area contributed by atoms with E-state index in [0.717, 1.165) is 0 Å². The fourth-order valence-electron chi connectivity index (χ4n) is 1.00. The summed E-state index contributed by atoms with van der Waals surface area (Å²) >= 11 is 0. The van der Waals surface area contributed by atoms with Crippen LogP contribution in [-0.2, 0) is 24.1 Å². The van der Waals surface area contributed by atoms with E-state index in [1.165, 1.54) is 21.1 Å². The fraction of sp³-hybridized carbons (Fsp3) is 0.889. The maximum atomic E-state index is 11.7. The van der Waals surface area contributed by atoms with E-state index in [2.05, 4.69) is 4.74 Å². The lowest BCUT2D eigenvalue weighted by atomic mass is 10.3. The number of esters is 1. The maximum Gasteiger partial charge on any atom is 0.306 e. The average molecular weight is 238 g/mol. The molecule has 0 fully saturated rings. The lowest BCUT2D eigenvalue weighted by Crippen LogP contribution is -2.29. The Morgan fingerprint density at radius 3 is 2.20 bits per heavy atom. The van der Waals surface area contributed by atoms with Gasteiger partial charge in [0.1, 0.15) is 0 Å². The molecule has 0 aliphatic rings. The number of hydrogen-bond donors (Lipinski definition) is 0. The molecule has 0 aromatic carbocycles. The van der Waals surface area contributed by atoms with Gasteiger partial charge in [-0.2, -0.15) is 0 Å². The molecule has 6 heteroatoms. The largest absolute Gasteiger partial charge is 0.469 e. The van der Waals surface area contributed by atoms with E-state index in [1.54, 1.807) is 6.92 Å². The molecule has 0 amide bonds. The number of ether oxygens (including phenoxy) is 2. The van der Waals surface area contributed by atoms with Crippen molar-refractivity contribution in [1.29, 1.82) is 0 Å². The van der Waals surface area contributed by atoms with Crippen LogP contribution in [0.2, 0.25) is 0 Å². The summed E-state index contributed by atoms with van der Waals surface area (Å²) in [7, 11) is -0.617. The highest BCUT2D eigenvalue weighted by Crippen LogP contribution is 2.10. The Bertz CT molecular complexity index is 296. The van der Waals surface area contributed by atoms with Crippen LogP contribution in [0.5, 0.6) is 0 Å². The summed E-state index contributed by atoms with van der Waals surface area (Å²) in [5.41, 5.74) is 0. The van der Waals surface area contributed by atoms with Crippen molar-refractivity contribution in [1.82, 2.24) is 0 Å². The quantitative estimate of drug-likeness (QED) is 0.626. The Kier molecular flexibility index (Phi) is 5.82. The van der Waals surface area contributed by atoms with Gasteiger partial charge in [0, 0.05) is 7.11 Å². The second-order valence-electron chi connectivity index (χ2n) is 3.47. The first-order valence-electron chi connectivity index (χ1n) is 4.64. The van der Waals surface area contributed by atoms with E-state index in [4.69, 9.17) is 4.74 Å². The van der Waals surface area contributed by atoms with Crippen molar-refractivity contribution in [3.8, 4) is 0 Å². The van der Waals surface area contributed by atoms with Crippen LogP contribution in [0.1, 0.15) is 20.3 Å². The summed E-state index contributed by atoms with van der Waals surface area (Å²) in [4.78, 5) is 10.9. The first kappa shape index (κ1) is 14.4. The third kappa shape index (κ3) is 5.13. The van der Waals surface area contributed by atoms with E-state index >= 15 is 0 Å². The van der Waals surface area contributed by atoms with Gasteiger partial charge in [-0.25, -0.2) is 8.42 Å². The van der Waals surface area contributed by atoms with E-state index in [1.807, 2.05) is 0 Å². The van der Waals surface area contributed by atoms with Crippen LogP contribution in [0.4, 0.5) is 0 Å². The SMILES string of the molecule is COC(=O)CC(C)S(=O)(=O)CC(C)OC. The zero-order chi connectivity index (χ0) is 12.1. The molecule has 0 rings (SSSR count). The van der Waals surface area contributed by atoms with Crippen molar-refractivity contribution in [2.75, 3.05) is 20.0 Å². The minimum atomic E-state index is -3.30. The van der Waals surface area contributed by atoms with Gasteiger partial charge in [0.05, 0.1) is 30.6 Å². The molecule has 0 spiro atoms. The summed E-state index contributed by atoms with van der Waals surface area (Å²) < 4.78 is 32.6. The van der Waals surface area contributed by atoms with Crippen LogP contribution in [-0.4, -0.2) is 45.7 Å². The summed E-state index contributed by atoms with van der Waals surface area (Å²) in [6.07, 6.45) is -0.481. The standard InChI is InChI=1S/C9H18O5S/c1-7(13-3)6-15(11,12)8(2)5-9(10)14-4/h7-8H,5-6H2,1-4H3. The first-order chi connectivity index (χ1) is 6.83. The van der Waals surface area contributed by atoms with Crippen LogP contribution < -0.4 is 0 Å². The van der Waals surface area contributed by atoms with Crippen LogP contribution >= 0.6 is 0 Å². The molecule has 0 aliphatic heterocycles. The number of hydrogen-bond acceptors (Lipinski definition) is 5. The van der Waals surface area contributed by atoms with Gasteiger partial charge < -0.3 is 9.47 Å². The number of rotatable bonds is 6. The minimum Gasteiger partial charge on any atom is -0.469 e. The molecule has 5 nitrogen and oxygen atoms in total. The minimum absolute atomic E-state index is 0.0817. The Hall–Kier alpha value is -0.620. The molecule has 2 atom stereocenters. The summed E-state index contributed by atoms with van der Waals surface area (Å²) in [6, 6.07) is 0. The molecule has 0 heterocycles. The van der Waals surface area contributed by atoms with Gasteiger partial charge in [0.2, 0.25) is 0 Å². The van der Waals surface area contributed by atoms with Crippen molar-refractivity contribution in [2.45, 2.75) is 31.6 Å². The molecule has 90 valence electrons. The van der Waals surface area contributed by atoms with Crippen LogP contribution in [0, 0.1) is 0 Å². The van der Waals surface area contributed by atoms with Gasteiger partial charge in [-0.3, -0.25) is 4.79 Å². The Labute approximate surface area is 90.7 Å². The summed E-state index contributed by atoms with van der Waals surface area (Å²) in [5.74, 6) is -0.599. The van der Waals surface area contributed by atoms with Crippen LogP contribution in [0.25, 0.3) is 0 Å². The molecule has 0 aromatic rings. The van der Waals surface area contributed by atoms with Crippen molar-refractivity contribution in [2.24, 2.45) is 0 Å². The lowest BCUT2D eigenvalue weighted by molar-refractivity contribution is -0.140.